The Balaban J connectivity index is 2.25. The van der Waals surface area contributed by atoms with Gasteiger partial charge in [0.15, 0.2) is 0 Å². The lowest BCUT2D eigenvalue weighted by molar-refractivity contribution is 0.897. The topological polar surface area (TPSA) is 54.5 Å². The van der Waals surface area contributed by atoms with E-state index in [1.807, 2.05) is 16.8 Å². The van der Waals surface area contributed by atoms with E-state index in [1.165, 1.54) is 11.1 Å². The van der Waals surface area contributed by atoms with Crippen LogP contribution in [0, 0.1) is 11.3 Å². The average molecular weight is 210 g/mol. The molecule has 2 heterocycles. The lowest BCUT2D eigenvalue weighted by Gasteiger charge is -2.08. The molecule has 16 heavy (non-hydrogen) atoms. The molecule has 0 radical (unpaired) electrons. The Bertz CT molecular complexity index is 563. The lowest BCUT2D eigenvalue weighted by atomic mass is 10.1. The molecule has 0 amide bonds. The summed E-state index contributed by atoms with van der Waals surface area (Å²) >= 11 is 0. The third kappa shape index (κ3) is 1.29. The van der Waals surface area contributed by atoms with Gasteiger partial charge in [-0.15, -0.1) is 0 Å². The van der Waals surface area contributed by atoms with Crippen molar-refractivity contribution in [2.75, 3.05) is 0 Å². The quantitative estimate of drug-likeness (QED) is 0.718. The van der Waals surface area contributed by atoms with Gasteiger partial charge < -0.3 is 0 Å². The van der Waals surface area contributed by atoms with Crippen LogP contribution in [0.5, 0.6) is 0 Å². The van der Waals surface area contributed by atoms with Gasteiger partial charge in [0.05, 0.1) is 0 Å². The molecule has 0 bridgehead atoms. The van der Waals surface area contributed by atoms with E-state index in [4.69, 9.17) is 5.26 Å². The summed E-state index contributed by atoms with van der Waals surface area (Å²) < 4.78 is 1.88. The number of hydrogen-bond acceptors (Lipinski definition) is 3. The summed E-state index contributed by atoms with van der Waals surface area (Å²) in [5.74, 6) is 0.865. The molecule has 0 N–H and O–H groups in total. The second kappa shape index (κ2) is 3.46. The number of hydrogen-bond donors (Lipinski definition) is 0. The van der Waals surface area contributed by atoms with Crippen molar-refractivity contribution in [3.05, 3.63) is 41.6 Å². The van der Waals surface area contributed by atoms with E-state index in [0.29, 0.717) is 5.69 Å². The highest BCUT2D eigenvalue weighted by atomic mass is 15.1. The molecule has 0 aliphatic heterocycles. The number of nitrogens with zero attached hydrogens (tertiary/aromatic N) is 4. The zero-order chi connectivity index (χ0) is 11.0. The van der Waals surface area contributed by atoms with Crippen LogP contribution in [0.25, 0.3) is 5.82 Å². The van der Waals surface area contributed by atoms with Gasteiger partial charge >= 0.3 is 0 Å². The number of nitriles is 1. The fraction of sp³-hybridized carbons (Fsp3) is 0.250. The largest absolute Gasteiger partial charge is 0.290 e. The molecule has 1 aliphatic rings. The van der Waals surface area contributed by atoms with Crippen molar-refractivity contribution in [3.8, 4) is 11.9 Å². The van der Waals surface area contributed by atoms with Crippen molar-refractivity contribution in [2.45, 2.75) is 19.3 Å². The minimum Gasteiger partial charge on any atom is -0.290 e. The fourth-order valence-corrected chi connectivity index (χ4v) is 2.22. The molecule has 78 valence electrons. The molecule has 4 heteroatoms. The predicted molar refractivity (Wildman–Crippen MR) is 58.1 cm³/mol. The van der Waals surface area contributed by atoms with Crippen LogP contribution < -0.4 is 0 Å². The summed E-state index contributed by atoms with van der Waals surface area (Å²) in [6, 6.07) is 4.02. The molecule has 0 saturated heterocycles. The molecule has 2 aromatic heterocycles. The van der Waals surface area contributed by atoms with Gasteiger partial charge in [-0.05, 0) is 36.5 Å². The summed E-state index contributed by atoms with van der Waals surface area (Å²) in [5, 5.41) is 8.95. The predicted octanol–water partition coefficient (Wildman–Crippen LogP) is 1.63. The second-order valence-electron chi connectivity index (χ2n) is 3.90. The van der Waals surface area contributed by atoms with Gasteiger partial charge in [-0.1, -0.05) is 0 Å². The zero-order valence-electron chi connectivity index (χ0n) is 8.72. The zero-order valence-corrected chi connectivity index (χ0v) is 8.72. The van der Waals surface area contributed by atoms with E-state index in [-0.39, 0.29) is 0 Å². The molecule has 0 fully saturated rings. The van der Waals surface area contributed by atoms with Gasteiger partial charge in [-0.25, -0.2) is 9.97 Å². The van der Waals surface area contributed by atoms with E-state index in [9.17, 15) is 0 Å². The Morgan fingerprint density at radius 1 is 1.38 bits per heavy atom. The van der Waals surface area contributed by atoms with Gasteiger partial charge in [0, 0.05) is 12.4 Å². The van der Waals surface area contributed by atoms with Crippen LogP contribution in [-0.4, -0.2) is 14.5 Å². The van der Waals surface area contributed by atoms with Gasteiger partial charge in [0.1, 0.15) is 23.9 Å². The molecule has 0 aromatic carbocycles. The number of fused-ring (bicyclic) bond motifs is 1. The minimum atomic E-state index is 0.490. The summed E-state index contributed by atoms with van der Waals surface area (Å²) in [4.78, 5) is 8.39. The maximum atomic E-state index is 8.95. The first kappa shape index (κ1) is 9.10. The Kier molecular flexibility index (Phi) is 1.97. The van der Waals surface area contributed by atoms with Crippen molar-refractivity contribution < 1.29 is 0 Å². The van der Waals surface area contributed by atoms with Crippen LogP contribution in [0.15, 0.2) is 24.8 Å². The average Bonchev–Trinajstić information content (AvgIpc) is 2.98. The molecule has 0 spiro atoms. The first-order valence-corrected chi connectivity index (χ1v) is 5.30. The Morgan fingerprint density at radius 2 is 2.31 bits per heavy atom. The number of aromatic nitrogens is 3. The van der Waals surface area contributed by atoms with Crippen molar-refractivity contribution in [2.24, 2.45) is 0 Å². The summed E-state index contributed by atoms with van der Waals surface area (Å²) in [7, 11) is 0. The third-order valence-corrected chi connectivity index (χ3v) is 2.93. The van der Waals surface area contributed by atoms with Crippen molar-refractivity contribution in [1.82, 2.24) is 14.5 Å². The minimum absolute atomic E-state index is 0.490. The molecular formula is C12H10N4. The third-order valence-electron chi connectivity index (χ3n) is 2.93. The van der Waals surface area contributed by atoms with E-state index in [0.717, 1.165) is 25.1 Å². The molecular weight excluding hydrogens is 200 g/mol. The van der Waals surface area contributed by atoms with Gasteiger partial charge in [0.25, 0.3) is 0 Å². The second-order valence-corrected chi connectivity index (χ2v) is 3.90. The highest BCUT2D eigenvalue weighted by Crippen LogP contribution is 2.27. The SMILES string of the molecule is N#Cc1cc2c(c(-n3ccnc3)n1)CCC2. The van der Waals surface area contributed by atoms with Gasteiger partial charge in [-0.3, -0.25) is 4.57 Å². The van der Waals surface area contributed by atoms with Crippen LogP contribution >= 0.6 is 0 Å². The Morgan fingerprint density at radius 3 is 3.06 bits per heavy atom. The maximum absolute atomic E-state index is 8.95. The number of rotatable bonds is 1. The first-order chi connectivity index (χ1) is 7.88. The van der Waals surface area contributed by atoms with E-state index >= 15 is 0 Å². The fourth-order valence-electron chi connectivity index (χ4n) is 2.22. The number of pyridine rings is 1. The monoisotopic (exact) mass is 210 g/mol. The van der Waals surface area contributed by atoms with Crippen molar-refractivity contribution in [3.63, 3.8) is 0 Å². The molecule has 3 rings (SSSR count). The van der Waals surface area contributed by atoms with Crippen LogP contribution in [0.2, 0.25) is 0 Å². The van der Waals surface area contributed by atoms with Crippen LogP contribution in [-0.2, 0) is 12.8 Å². The standard InChI is InChI=1S/C12H10N4/c13-7-10-6-9-2-1-3-11(9)12(15-10)16-5-4-14-8-16/h4-6,8H,1-3H2. The highest BCUT2D eigenvalue weighted by Gasteiger charge is 2.18. The smallest absolute Gasteiger partial charge is 0.143 e. The Hall–Kier alpha value is -2.15. The molecule has 1 aliphatic carbocycles. The van der Waals surface area contributed by atoms with Crippen LogP contribution in [0.3, 0.4) is 0 Å². The maximum Gasteiger partial charge on any atom is 0.143 e. The summed E-state index contributed by atoms with van der Waals surface area (Å²) in [6.45, 7) is 0. The number of imidazole rings is 1. The molecule has 0 saturated carbocycles. The Labute approximate surface area is 93.2 Å². The van der Waals surface area contributed by atoms with E-state index < -0.39 is 0 Å². The van der Waals surface area contributed by atoms with Gasteiger partial charge in [-0.2, -0.15) is 5.26 Å². The van der Waals surface area contributed by atoms with E-state index in [1.54, 1.807) is 12.5 Å². The van der Waals surface area contributed by atoms with Crippen LogP contribution in [0.1, 0.15) is 23.2 Å². The normalized spacial score (nSPS) is 13.4. The lowest BCUT2D eigenvalue weighted by Crippen LogP contribution is -2.02. The molecule has 4 nitrogen and oxygen atoms in total. The summed E-state index contributed by atoms with van der Waals surface area (Å²) in [5.41, 5.74) is 3.01. The van der Waals surface area contributed by atoms with Crippen molar-refractivity contribution >= 4 is 0 Å². The first-order valence-electron chi connectivity index (χ1n) is 5.30. The molecule has 2 aromatic rings. The number of aryl methyl sites for hydroxylation is 1. The van der Waals surface area contributed by atoms with E-state index in [2.05, 4.69) is 16.0 Å². The van der Waals surface area contributed by atoms with Gasteiger partial charge in [0.2, 0.25) is 0 Å². The summed E-state index contributed by atoms with van der Waals surface area (Å²) in [6.07, 6.45) is 8.55. The van der Waals surface area contributed by atoms with Crippen LogP contribution in [0.4, 0.5) is 0 Å². The van der Waals surface area contributed by atoms with Crippen molar-refractivity contribution in [1.29, 1.82) is 5.26 Å². The highest BCUT2D eigenvalue weighted by molar-refractivity contribution is 5.46. The molecule has 0 unspecified atom stereocenters. The molecule has 0 atom stereocenters.